The van der Waals surface area contributed by atoms with Crippen LogP contribution in [0, 0.1) is 0 Å². The maximum atomic E-state index is 13.2. The second-order valence-corrected chi connectivity index (χ2v) is 9.69. The molecule has 27 heavy (non-hydrogen) atoms. The third-order valence-corrected chi connectivity index (χ3v) is 6.97. The minimum absolute atomic E-state index is 0.0159. The minimum atomic E-state index is -3.75. The quantitative estimate of drug-likeness (QED) is 0.713. The van der Waals surface area contributed by atoms with E-state index in [4.69, 9.17) is 4.74 Å². The van der Waals surface area contributed by atoms with E-state index in [1.54, 1.807) is 11.0 Å². The summed E-state index contributed by atoms with van der Waals surface area (Å²) in [5.41, 5.74) is 2.24. The lowest BCUT2D eigenvalue weighted by Crippen LogP contribution is -2.36. The van der Waals surface area contributed by atoms with Gasteiger partial charge in [0.25, 0.3) is 5.91 Å². The van der Waals surface area contributed by atoms with Crippen molar-refractivity contribution in [3.05, 3.63) is 52.0 Å². The topological polar surface area (TPSA) is 66.9 Å². The van der Waals surface area contributed by atoms with Crippen molar-refractivity contribution in [2.75, 3.05) is 26.1 Å². The fraction of sp³-hybridized carbons (Fsp3) is 0.316. The summed E-state index contributed by atoms with van der Waals surface area (Å²) in [6.45, 7) is 1.98. The molecule has 6 nitrogen and oxygen atoms in total. The van der Waals surface area contributed by atoms with Gasteiger partial charge in [-0.1, -0.05) is 15.9 Å². The molecule has 1 heterocycles. The Morgan fingerprint density at radius 3 is 2.56 bits per heavy atom. The molecule has 1 amide bonds. The molecule has 0 N–H and O–H groups in total. The first-order valence-corrected chi connectivity index (χ1v) is 10.6. The summed E-state index contributed by atoms with van der Waals surface area (Å²) >= 11 is 3.46. The van der Waals surface area contributed by atoms with Gasteiger partial charge < -0.3 is 9.64 Å². The lowest BCUT2D eigenvalue weighted by Gasteiger charge is -2.23. The lowest BCUT2D eigenvalue weighted by molar-refractivity contribution is 0.0981. The van der Waals surface area contributed by atoms with Gasteiger partial charge in [-0.05, 0) is 55.3 Å². The smallest absolute Gasteiger partial charge is 0.258 e. The number of amides is 1. The Morgan fingerprint density at radius 2 is 1.93 bits per heavy atom. The van der Waals surface area contributed by atoms with E-state index >= 15 is 0 Å². The molecule has 144 valence electrons. The Bertz CT molecular complexity index is 1000. The highest BCUT2D eigenvalue weighted by Gasteiger charge is 2.33. The monoisotopic (exact) mass is 452 g/mol. The molecule has 2 aromatic carbocycles. The minimum Gasteiger partial charge on any atom is -0.495 e. The summed E-state index contributed by atoms with van der Waals surface area (Å²) in [6.07, 6.45) is 0.750. The van der Waals surface area contributed by atoms with E-state index in [2.05, 4.69) is 15.9 Å². The number of sulfonamides is 1. The highest BCUT2D eigenvalue weighted by atomic mass is 79.9. The van der Waals surface area contributed by atoms with Gasteiger partial charge in [-0.3, -0.25) is 4.79 Å². The van der Waals surface area contributed by atoms with Gasteiger partial charge in [0.2, 0.25) is 10.0 Å². The molecule has 8 heteroatoms. The van der Waals surface area contributed by atoms with Crippen molar-refractivity contribution < 1.29 is 17.9 Å². The van der Waals surface area contributed by atoms with E-state index < -0.39 is 10.0 Å². The van der Waals surface area contributed by atoms with Crippen LogP contribution < -0.4 is 9.64 Å². The van der Waals surface area contributed by atoms with Gasteiger partial charge in [0, 0.05) is 35.9 Å². The van der Waals surface area contributed by atoms with Crippen LogP contribution in [0.4, 0.5) is 5.69 Å². The molecule has 1 atom stereocenters. The van der Waals surface area contributed by atoms with Crippen molar-refractivity contribution in [3.8, 4) is 5.75 Å². The molecule has 0 saturated carbocycles. The maximum absolute atomic E-state index is 13.2. The number of carbonyl (C=O) groups is 1. The number of benzene rings is 2. The predicted octanol–water partition coefficient (Wildman–Crippen LogP) is 3.30. The number of hydrogen-bond acceptors (Lipinski definition) is 4. The van der Waals surface area contributed by atoms with Gasteiger partial charge in [-0.2, -0.15) is 0 Å². The van der Waals surface area contributed by atoms with Crippen molar-refractivity contribution in [1.29, 1.82) is 0 Å². The summed E-state index contributed by atoms with van der Waals surface area (Å²) in [6, 6.07) is 10.3. The zero-order chi connectivity index (χ0) is 19.9. The van der Waals surface area contributed by atoms with Crippen LogP contribution in [0.1, 0.15) is 22.8 Å². The van der Waals surface area contributed by atoms with Crippen LogP contribution in [0.3, 0.4) is 0 Å². The Labute approximate surface area is 167 Å². The average molecular weight is 453 g/mol. The summed E-state index contributed by atoms with van der Waals surface area (Å²) in [7, 11) is 0.546. The number of anilines is 1. The fourth-order valence-electron chi connectivity index (χ4n) is 3.26. The molecule has 3 rings (SSSR count). The molecule has 2 aromatic rings. The number of nitrogens with zero attached hydrogens (tertiary/aromatic N) is 2. The SMILES string of the molecule is COc1ccc(C(=O)N2c3ccc(Br)cc3CC2C)cc1S(=O)(=O)N(C)C. The lowest BCUT2D eigenvalue weighted by atomic mass is 10.1. The molecule has 0 aromatic heterocycles. The van der Waals surface area contributed by atoms with Crippen molar-refractivity contribution in [1.82, 2.24) is 4.31 Å². The van der Waals surface area contributed by atoms with Crippen LogP contribution in [0.25, 0.3) is 0 Å². The van der Waals surface area contributed by atoms with Gasteiger partial charge in [0.15, 0.2) is 0 Å². The fourth-order valence-corrected chi connectivity index (χ4v) is 4.74. The molecular weight excluding hydrogens is 432 g/mol. The number of rotatable bonds is 4. The first kappa shape index (κ1) is 19.9. The van der Waals surface area contributed by atoms with Crippen molar-refractivity contribution in [2.45, 2.75) is 24.3 Å². The van der Waals surface area contributed by atoms with E-state index in [9.17, 15) is 13.2 Å². The van der Waals surface area contributed by atoms with Gasteiger partial charge in [-0.15, -0.1) is 0 Å². The van der Waals surface area contributed by atoms with E-state index in [1.807, 2.05) is 25.1 Å². The third kappa shape index (κ3) is 3.49. The predicted molar refractivity (Wildman–Crippen MR) is 108 cm³/mol. The summed E-state index contributed by atoms with van der Waals surface area (Å²) in [5, 5.41) is 0. The molecule has 0 bridgehead atoms. The van der Waals surface area contributed by atoms with E-state index in [0.717, 1.165) is 26.4 Å². The molecule has 0 radical (unpaired) electrons. The number of hydrogen-bond donors (Lipinski definition) is 0. The van der Waals surface area contributed by atoms with Gasteiger partial charge >= 0.3 is 0 Å². The van der Waals surface area contributed by atoms with Crippen molar-refractivity contribution in [2.24, 2.45) is 0 Å². The molecule has 0 spiro atoms. The van der Waals surface area contributed by atoms with Crippen LogP contribution in [-0.4, -0.2) is 45.9 Å². The Kier molecular flexibility index (Phi) is 5.33. The van der Waals surface area contributed by atoms with Crippen molar-refractivity contribution in [3.63, 3.8) is 0 Å². The number of halogens is 1. The Hall–Kier alpha value is -1.90. The number of ether oxygens (including phenoxy) is 1. The molecule has 0 fully saturated rings. The first-order valence-electron chi connectivity index (χ1n) is 8.39. The molecular formula is C19H21BrN2O4S. The van der Waals surface area contributed by atoms with Crippen LogP contribution >= 0.6 is 15.9 Å². The summed E-state index contributed by atoms with van der Waals surface area (Å²) in [4.78, 5) is 14.9. The molecule has 0 saturated heterocycles. The second kappa shape index (κ2) is 7.26. The van der Waals surface area contributed by atoms with Crippen molar-refractivity contribution >= 4 is 37.5 Å². The van der Waals surface area contributed by atoms with Crippen LogP contribution in [0.5, 0.6) is 5.75 Å². The summed E-state index contributed by atoms with van der Waals surface area (Å²) < 4.78 is 32.5. The van der Waals surface area contributed by atoms with Gasteiger partial charge in [-0.25, -0.2) is 12.7 Å². The normalized spacial score (nSPS) is 16.5. The molecule has 1 aliphatic rings. The molecule has 1 unspecified atom stereocenters. The largest absolute Gasteiger partial charge is 0.495 e. The standard InChI is InChI=1S/C19H21BrN2O4S/c1-12-9-14-10-15(20)6-7-16(14)22(12)19(23)13-5-8-17(26-4)18(11-13)27(24,25)21(2)3/h5-8,10-12H,9H2,1-4H3. The maximum Gasteiger partial charge on any atom is 0.258 e. The Balaban J connectivity index is 2.07. The highest BCUT2D eigenvalue weighted by Crippen LogP contribution is 2.36. The van der Waals surface area contributed by atoms with E-state index in [0.29, 0.717) is 5.56 Å². The van der Waals surface area contributed by atoms with Gasteiger partial charge in [0.05, 0.1) is 7.11 Å². The van der Waals surface area contributed by atoms with Crippen LogP contribution in [0.2, 0.25) is 0 Å². The average Bonchev–Trinajstić information content (AvgIpc) is 2.95. The number of methoxy groups -OCH3 is 1. The van der Waals surface area contributed by atoms with Crippen LogP contribution in [-0.2, 0) is 16.4 Å². The van der Waals surface area contributed by atoms with E-state index in [-0.39, 0.29) is 22.6 Å². The molecule has 0 aliphatic carbocycles. The van der Waals surface area contributed by atoms with Gasteiger partial charge in [0.1, 0.15) is 10.6 Å². The highest BCUT2D eigenvalue weighted by molar-refractivity contribution is 9.10. The van der Waals surface area contributed by atoms with E-state index in [1.165, 1.54) is 33.3 Å². The second-order valence-electron chi connectivity index (χ2n) is 6.65. The third-order valence-electron chi connectivity index (χ3n) is 4.65. The zero-order valence-corrected chi connectivity index (χ0v) is 18.0. The Morgan fingerprint density at radius 1 is 1.22 bits per heavy atom. The van der Waals surface area contributed by atoms with Crippen LogP contribution in [0.15, 0.2) is 45.8 Å². The molecule has 1 aliphatic heterocycles. The summed E-state index contributed by atoms with van der Waals surface area (Å²) in [5.74, 6) is -0.0273. The number of carbonyl (C=O) groups excluding carboxylic acids is 1. The number of fused-ring (bicyclic) bond motifs is 1. The first-order chi connectivity index (χ1) is 12.7. The zero-order valence-electron chi connectivity index (χ0n) is 15.6.